The number of hydrogen-bond donors (Lipinski definition) is 3. The summed E-state index contributed by atoms with van der Waals surface area (Å²) in [5, 5.41) is 9.88. The number of hydrogen-bond acceptors (Lipinski definition) is 8. The molecule has 9 nitrogen and oxygen atoms in total. The highest BCUT2D eigenvalue weighted by molar-refractivity contribution is 7.89. The molecule has 4 N–H and O–H groups in total. The van der Waals surface area contributed by atoms with Gasteiger partial charge in [0.05, 0.1) is 17.9 Å². The van der Waals surface area contributed by atoms with Gasteiger partial charge in [0, 0.05) is 18.3 Å². The predicted molar refractivity (Wildman–Crippen MR) is 109 cm³/mol. The maximum absolute atomic E-state index is 13.0. The zero-order valence-electron chi connectivity index (χ0n) is 16.3. The summed E-state index contributed by atoms with van der Waals surface area (Å²) in [6.07, 6.45) is 1.40. The molecule has 1 atom stereocenters. The van der Waals surface area contributed by atoms with E-state index in [4.69, 9.17) is 5.73 Å². The van der Waals surface area contributed by atoms with Gasteiger partial charge < -0.3 is 11.1 Å². The molecule has 3 heterocycles. The number of imidazole rings is 1. The van der Waals surface area contributed by atoms with E-state index in [1.807, 2.05) is 0 Å². The summed E-state index contributed by atoms with van der Waals surface area (Å²) in [7, 11) is -3.90. The number of anilines is 1. The van der Waals surface area contributed by atoms with Crippen LogP contribution < -0.4 is 15.8 Å². The van der Waals surface area contributed by atoms with E-state index in [0.717, 1.165) is 12.8 Å². The first-order chi connectivity index (χ1) is 14.6. The first kappa shape index (κ1) is 21.9. The first-order valence-corrected chi connectivity index (χ1v) is 11.6. The Labute approximate surface area is 179 Å². The summed E-state index contributed by atoms with van der Waals surface area (Å²) in [6.45, 7) is 1.08. The molecule has 31 heavy (non-hydrogen) atoms. The molecule has 0 amide bonds. The summed E-state index contributed by atoms with van der Waals surface area (Å²) in [4.78, 5) is 4.20. The molecule has 1 fully saturated rings. The average molecular weight is 476 g/mol. The molecule has 0 saturated heterocycles. The van der Waals surface area contributed by atoms with Crippen molar-refractivity contribution < 1.29 is 21.6 Å². The van der Waals surface area contributed by atoms with E-state index in [1.165, 1.54) is 22.9 Å². The van der Waals surface area contributed by atoms with Crippen LogP contribution in [0.2, 0.25) is 0 Å². The van der Waals surface area contributed by atoms with Crippen molar-refractivity contribution in [1.29, 1.82) is 0 Å². The highest BCUT2D eigenvalue weighted by atomic mass is 32.2. The largest absolute Gasteiger partial charge is 0.380 e. The number of halogens is 3. The topological polar surface area (TPSA) is 127 Å². The molecule has 1 aliphatic carbocycles. The lowest BCUT2D eigenvalue weighted by Crippen LogP contribution is -2.34. The van der Waals surface area contributed by atoms with Crippen molar-refractivity contribution in [2.24, 2.45) is 5.73 Å². The first-order valence-electron chi connectivity index (χ1n) is 9.34. The maximum atomic E-state index is 13.0. The van der Waals surface area contributed by atoms with Crippen LogP contribution in [0.15, 0.2) is 23.4 Å². The maximum Gasteiger partial charge on any atom is 0.291 e. The van der Waals surface area contributed by atoms with Gasteiger partial charge in [0.25, 0.3) is 6.43 Å². The van der Waals surface area contributed by atoms with Gasteiger partial charge >= 0.3 is 0 Å². The second-order valence-electron chi connectivity index (χ2n) is 7.63. The highest BCUT2D eigenvalue weighted by Crippen LogP contribution is 2.37. The molecular weight excluding hydrogens is 455 g/mol. The Bertz CT molecular complexity index is 1210. The fourth-order valence-electron chi connectivity index (χ4n) is 2.89. The highest BCUT2D eigenvalue weighted by Gasteiger charge is 2.41. The number of nitrogens with one attached hydrogen (secondary N) is 2. The van der Waals surface area contributed by atoms with Gasteiger partial charge in [0.15, 0.2) is 15.7 Å². The Morgan fingerprint density at radius 3 is 2.71 bits per heavy atom. The Kier molecular flexibility index (Phi) is 5.66. The lowest BCUT2D eigenvalue weighted by atomic mass is 10.3. The summed E-state index contributed by atoms with van der Waals surface area (Å²) in [5.74, 6) is 0. The number of nitrogens with zero attached hydrogens (tertiary/aromatic N) is 4. The van der Waals surface area contributed by atoms with Gasteiger partial charge in [0.1, 0.15) is 17.3 Å². The second-order valence-corrected chi connectivity index (χ2v) is 10.3. The molecule has 0 bridgehead atoms. The van der Waals surface area contributed by atoms with Crippen molar-refractivity contribution in [3.63, 3.8) is 0 Å². The average Bonchev–Trinajstić information content (AvgIpc) is 3.13. The number of aromatic nitrogens is 4. The Balaban J connectivity index is 1.81. The van der Waals surface area contributed by atoms with Crippen LogP contribution in [-0.4, -0.2) is 52.8 Å². The van der Waals surface area contributed by atoms with Crippen molar-refractivity contribution in [3.05, 3.63) is 23.5 Å². The lowest BCUT2D eigenvalue weighted by molar-refractivity contribution is 0.150. The number of nitrogens with two attached hydrogens (primary N) is 1. The number of fused-ring (bicyclic) bond motifs is 1. The molecule has 1 saturated carbocycles. The van der Waals surface area contributed by atoms with Crippen molar-refractivity contribution >= 4 is 32.7 Å². The van der Waals surface area contributed by atoms with E-state index in [2.05, 4.69) is 25.2 Å². The van der Waals surface area contributed by atoms with Crippen LogP contribution >= 0.6 is 11.3 Å². The van der Waals surface area contributed by atoms with Crippen molar-refractivity contribution in [2.75, 3.05) is 18.5 Å². The Morgan fingerprint density at radius 1 is 1.35 bits per heavy atom. The van der Waals surface area contributed by atoms with Gasteiger partial charge in [0.2, 0.25) is 10.0 Å². The molecule has 1 aliphatic rings. The van der Waals surface area contributed by atoms with Crippen LogP contribution in [0.1, 0.15) is 31.2 Å². The molecule has 3 aromatic heterocycles. The van der Waals surface area contributed by atoms with E-state index >= 15 is 0 Å². The van der Waals surface area contributed by atoms with Gasteiger partial charge in [-0.2, -0.15) is 0 Å². The smallest absolute Gasteiger partial charge is 0.291 e. The van der Waals surface area contributed by atoms with Gasteiger partial charge in [-0.1, -0.05) is 11.3 Å². The third-order valence-electron chi connectivity index (χ3n) is 4.87. The van der Waals surface area contributed by atoms with E-state index in [-0.39, 0.29) is 16.4 Å². The van der Waals surface area contributed by atoms with Gasteiger partial charge in [-0.15, -0.1) is 10.2 Å². The van der Waals surface area contributed by atoms with Gasteiger partial charge in [-0.05, 0) is 25.8 Å². The van der Waals surface area contributed by atoms with E-state index in [0.29, 0.717) is 28.4 Å². The summed E-state index contributed by atoms with van der Waals surface area (Å²) in [5.41, 5.74) is 6.04. The van der Waals surface area contributed by atoms with Crippen LogP contribution in [0.5, 0.6) is 0 Å². The Morgan fingerprint density at radius 2 is 2.10 bits per heavy atom. The number of rotatable bonds is 9. The zero-order valence-corrected chi connectivity index (χ0v) is 18.0. The molecule has 4 rings (SSSR count). The number of pyridine rings is 1. The van der Waals surface area contributed by atoms with Crippen LogP contribution in [0.3, 0.4) is 0 Å². The molecule has 14 heteroatoms. The van der Waals surface area contributed by atoms with E-state index < -0.39 is 39.7 Å². The van der Waals surface area contributed by atoms with Crippen LogP contribution in [-0.2, 0) is 10.0 Å². The fraction of sp³-hybridized carbons (Fsp3) is 0.471. The van der Waals surface area contributed by atoms with Crippen LogP contribution in [0, 0.1) is 0 Å². The Hall–Kier alpha value is -2.29. The van der Waals surface area contributed by atoms with E-state index in [9.17, 15) is 21.6 Å². The van der Waals surface area contributed by atoms with E-state index in [1.54, 1.807) is 6.92 Å². The third-order valence-corrected chi connectivity index (χ3v) is 7.43. The molecule has 0 radical (unpaired) electrons. The van der Waals surface area contributed by atoms with Crippen LogP contribution in [0.4, 0.5) is 18.9 Å². The minimum atomic E-state index is -3.90. The van der Waals surface area contributed by atoms with Crippen LogP contribution in [0.25, 0.3) is 16.3 Å². The molecule has 3 aromatic rings. The molecular formula is C17H20F3N7O2S2. The third kappa shape index (κ3) is 4.51. The fourth-order valence-corrected chi connectivity index (χ4v) is 5.09. The summed E-state index contributed by atoms with van der Waals surface area (Å²) < 4.78 is 68.7. The molecule has 0 aromatic carbocycles. The van der Waals surface area contributed by atoms with Crippen molar-refractivity contribution in [1.82, 2.24) is 24.3 Å². The normalized spacial score (nSPS) is 16.7. The monoisotopic (exact) mass is 475 g/mol. The SMILES string of the molecule is CC1(NS(=O)(=O)c2cc(NC[C@H](N)CF)c3ncc(-c4nnc(C(F)F)s4)n3c2)CC1. The molecule has 0 spiro atoms. The summed E-state index contributed by atoms with van der Waals surface area (Å²) in [6, 6.07) is 0.588. The second kappa shape index (κ2) is 8.00. The minimum Gasteiger partial charge on any atom is -0.380 e. The van der Waals surface area contributed by atoms with Gasteiger partial charge in [-0.25, -0.2) is 31.3 Å². The number of alkyl halides is 3. The minimum absolute atomic E-state index is 0.0390. The molecule has 0 aliphatic heterocycles. The summed E-state index contributed by atoms with van der Waals surface area (Å²) >= 11 is 0.687. The lowest BCUT2D eigenvalue weighted by Gasteiger charge is -2.16. The van der Waals surface area contributed by atoms with Crippen molar-refractivity contribution in [3.8, 4) is 10.7 Å². The zero-order chi connectivity index (χ0) is 22.4. The molecule has 168 valence electrons. The standard InChI is InChI=1S/C17H20F3N7O2S2/c1-17(2-3-17)26-31(28,29)10-4-11(22-6-9(21)5-18)14-23-7-12(27(14)8-10)15-24-25-16(30-15)13(19)20/h4,7-9,13,22,26H,2-3,5-6,21H2,1H3/t9-/m1/s1. The van der Waals surface area contributed by atoms with Crippen molar-refractivity contribution in [2.45, 2.75) is 42.7 Å². The predicted octanol–water partition coefficient (Wildman–Crippen LogP) is 2.33. The molecule has 0 unspecified atom stereocenters. The quantitative estimate of drug-likeness (QED) is 0.433. The number of sulfonamides is 1. The van der Waals surface area contributed by atoms with Gasteiger partial charge in [-0.3, -0.25) is 4.40 Å².